The monoisotopic (exact) mass is 438 g/mol. The zero-order valence-electron chi connectivity index (χ0n) is 18.0. The van der Waals surface area contributed by atoms with Crippen LogP contribution < -0.4 is 11.1 Å². The second-order valence-corrected chi connectivity index (χ2v) is 14.3. The predicted octanol–water partition coefficient (Wildman–Crippen LogP) is 3.98. The van der Waals surface area contributed by atoms with E-state index < -0.39 is 26.1 Å². The summed E-state index contributed by atoms with van der Waals surface area (Å²) in [5, 5.41) is 22.9. The molecule has 1 aliphatic heterocycles. The maximum absolute atomic E-state index is 12.2. The second-order valence-electron chi connectivity index (χ2n) is 9.13. The first-order chi connectivity index (χ1) is 13.3. The van der Waals surface area contributed by atoms with Gasteiger partial charge in [-0.1, -0.05) is 32.4 Å². The molecular weight excluding hydrogens is 408 g/mol. The molecule has 1 heterocycles. The molecule has 0 aliphatic carbocycles. The summed E-state index contributed by atoms with van der Waals surface area (Å²) in [5.74, 6) is 0. The summed E-state index contributed by atoms with van der Waals surface area (Å²) in [5.41, 5.74) is 6.13. The summed E-state index contributed by atoms with van der Waals surface area (Å²) in [4.78, 5) is 13.4. The molecule has 0 radical (unpaired) electrons. The smallest absolute Gasteiger partial charge is 0.407 e. The summed E-state index contributed by atoms with van der Waals surface area (Å²) in [6.45, 7) is 11.7. The fourth-order valence-corrected chi connectivity index (χ4v) is 5.20. The summed E-state index contributed by atoms with van der Waals surface area (Å²) >= 11 is 6.60. The minimum Gasteiger partial charge on any atom is -0.465 e. The van der Waals surface area contributed by atoms with E-state index in [0.29, 0.717) is 30.6 Å². The number of nitrogens with two attached hydrogens (primary N) is 1. The van der Waals surface area contributed by atoms with Gasteiger partial charge in [0.25, 0.3) is 0 Å². The molecule has 9 heteroatoms. The maximum Gasteiger partial charge on any atom is 0.407 e. The van der Waals surface area contributed by atoms with Crippen LogP contribution in [0.5, 0.6) is 0 Å². The van der Waals surface area contributed by atoms with Gasteiger partial charge in [0.15, 0.2) is 8.32 Å². The highest BCUT2D eigenvalue weighted by molar-refractivity contribution is 6.74. The van der Waals surface area contributed by atoms with Crippen LogP contribution in [0.15, 0.2) is 12.1 Å². The van der Waals surface area contributed by atoms with Crippen molar-refractivity contribution in [3.63, 3.8) is 0 Å². The summed E-state index contributed by atoms with van der Waals surface area (Å²) in [6.07, 6.45) is -1.12. The number of rotatable bonds is 4. The highest BCUT2D eigenvalue weighted by Crippen LogP contribution is 2.47. The topological polar surface area (TPSA) is 112 Å². The van der Waals surface area contributed by atoms with Gasteiger partial charge in [-0.15, -0.1) is 0 Å². The molecular formula is C20H31ClN4O3Si. The molecule has 4 N–H and O–H groups in total. The summed E-state index contributed by atoms with van der Waals surface area (Å²) in [6, 6.07) is 5.24. The third-order valence-electron chi connectivity index (χ3n) is 6.37. The molecule has 0 spiro atoms. The van der Waals surface area contributed by atoms with Gasteiger partial charge in [-0.05, 0) is 43.2 Å². The first-order valence-electron chi connectivity index (χ1n) is 9.63. The summed E-state index contributed by atoms with van der Waals surface area (Å²) in [7, 11) is -0.717. The fourth-order valence-electron chi connectivity index (χ4n) is 3.58. The Morgan fingerprint density at radius 2 is 2.10 bits per heavy atom. The zero-order chi connectivity index (χ0) is 22.2. The van der Waals surface area contributed by atoms with E-state index in [4.69, 9.17) is 21.8 Å². The van der Waals surface area contributed by atoms with Gasteiger partial charge in [0, 0.05) is 19.2 Å². The maximum atomic E-state index is 12.2. The minimum absolute atomic E-state index is 0.0602. The highest BCUT2D eigenvalue weighted by Gasteiger charge is 2.53. The highest BCUT2D eigenvalue weighted by atomic mass is 35.5. The van der Waals surface area contributed by atoms with Gasteiger partial charge in [-0.3, -0.25) is 4.90 Å². The lowest BCUT2D eigenvalue weighted by molar-refractivity contribution is -0.0269. The Bertz CT molecular complexity index is 834. The number of anilines is 1. The van der Waals surface area contributed by atoms with Gasteiger partial charge in [-0.2, -0.15) is 5.26 Å². The molecule has 1 amide bonds. The Kier molecular flexibility index (Phi) is 6.60. The number of nitriles is 1. The van der Waals surface area contributed by atoms with Gasteiger partial charge in [0.2, 0.25) is 0 Å². The van der Waals surface area contributed by atoms with Gasteiger partial charge in [0.05, 0.1) is 34.0 Å². The molecule has 0 saturated carbocycles. The van der Waals surface area contributed by atoms with Crippen LogP contribution in [0.4, 0.5) is 10.5 Å². The Labute approximate surface area is 178 Å². The van der Waals surface area contributed by atoms with Crippen LogP contribution in [0.2, 0.25) is 23.2 Å². The van der Waals surface area contributed by atoms with E-state index in [1.807, 2.05) is 0 Å². The third kappa shape index (κ3) is 4.24. The van der Waals surface area contributed by atoms with E-state index in [9.17, 15) is 15.2 Å². The molecule has 0 aromatic heterocycles. The predicted molar refractivity (Wildman–Crippen MR) is 118 cm³/mol. The lowest BCUT2D eigenvalue weighted by Crippen LogP contribution is -2.65. The lowest BCUT2D eigenvalue weighted by atomic mass is 9.77. The van der Waals surface area contributed by atoms with E-state index in [1.54, 1.807) is 6.07 Å². The van der Waals surface area contributed by atoms with Crippen molar-refractivity contribution < 1.29 is 14.3 Å². The molecule has 1 saturated heterocycles. The number of hydrogen-bond acceptors (Lipinski definition) is 5. The number of halogens is 1. The molecule has 1 aromatic carbocycles. The zero-order valence-corrected chi connectivity index (χ0v) is 19.7. The number of hydrogen-bond donors (Lipinski definition) is 3. The molecule has 2 atom stereocenters. The number of piperidine rings is 1. The van der Waals surface area contributed by atoms with Gasteiger partial charge in [-0.25, -0.2) is 4.79 Å². The van der Waals surface area contributed by atoms with Crippen LogP contribution in [-0.4, -0.2) is 50.7 Å². The molecule has 1 aromatic rings. The standard InChI is InChI=1S/C20H31ClN4O3Si/c1-19(2,3)29(5,6)28-16-12-24-8-7-20(16,25(4)18(26)27)14-9-13(11-22)10-15(23)17(14)21/h9-10,16,24H,7-8,12,23H2,1-6H3,(H,26,27)/t16-,20-/m1/s1. The number of nitrogens with one attached hydrogen (secondary N) is 1. The quantitative estimate of drug-likeness (QED) is 0.484. The van der Waals surface area contributed by atoms with Crippen molar-refractivity contribution in [2.45, 2.75) is 57.0 Å². The first-order valence-corrected chi connectivity index (χ1v) is 12.9. The SMILES string of the molecule is CN(C(=O)O)[C@@]1(c2cc(C#N)cc(N)c2Cl)CCNC[C@H]1O[Si](C)(C)C(C)(C)C. The number of nitrogen functional groups attached to an aromatic ring is 1. The molecule has 7 nitrogen and oxygen atoms in total. The molecule has 0 unspecified atom stereocenters. The lowest BCUT2D eigenvalue weighted by Gasteiger charge is -2.52. The number of carbonyl (C=O) groups is 1. The van der Waals surface area contributed by atoms with Crippen molar-refractivity contribution in [1.82, 2.24) is 10.2 Å². The van der Waals surface area contributed by atoms with Gasteiger partial charge < -0.3 is 20.6 Å². The Morgan fingerprint density at radius 3 is 2.62 bits per heavy atom. The van der Waals surface area contributed by atoms with Crippen LogP contribution in [0.3, 0.4) is 0 Å². The van der Waals surface area contributed by atoms with Crippen LogP contribution in [-0.2, 0) is 9.96 Å². The second kappa shape index (κ2) is 8.15. The Hall–Kier alpha value is -1.79. The average molecular weight is 439 g/mol. The van der Waals surface area contributed by atoms with Gasteiger partial charge >= 0.3 is 6.09 Å². The van der Waals surface area contributed by atoms with Crippen molar-refractivity contribution in [2.75, 3.05) is 25.9 Å². The molecule has 160 valence electrons. The van der Waals surface area contributed by atoms with Gasteiger partial charge in [0.1, 0.15) is 0 Å². The van der Waals surface area contributed by atoms with E-state index in [2.05, 4.69) is 45.3 Å². The number of carboxylic acid groups (broad SMARTS) is 1. The van der Waals surface area contributed by atoms with E-state index in [1.165, 1.54) is 18.0 Å². The van der Waals surface area contributed by atoms with Crippen LogP contribution in [0, 0.1) is 11.3 Å². The molecule has 29 heavy (non-hydrogen) atoms. The van der Waals surface area contributed by atoms with Crippen LogP contribution in [0.25, 0.3) is 0 Å². The third-order valence-corrected chi connectivity index (χ3v) is 11.3. The van der Waals surface area contributed by atoms with Crippen molar-refractivity contribution >= 4 is 31.7 Å². The Morgan fingerprint density at radius 1 is 1.48 bits per heavy atom. The first kappa shape index (κ1) is 23.5. The van der Waals surface area contributed by atoms with E-state index in [0.717, 1.165) is 0 Å². The largest absolute Gasteiger partial charge is 0.465 e. The summed E-state index contributed by atoms with van der Waals surface area (Å²) < 4.78 is 6.74. The molecule has 1 fully saturated rings. The molecule has 1 aliphatic rings. The van der Waals surface area contributed by atoms with Crippen molar-refractivity contribution in [3.8, 4) is 6.07 Å². The number of amides is 1. The van der Waals surface area contributed by atoms with Crippen LogP contribution in [0.1, 0.15) is 38.3 Å². The van der Waals surface area contributed by atoms with Crippen molar-refractivity contribution in [1.29, 1.82) is 5.26 Å². The number of likely N-dealkylation sites (N-methyl/N-ethyl adjacent to an activating group) is 1. The van der Waals surface area contributed by atoms with E-state index >= 15 is 0 Å². The normalized spacial score (nSPS) is 22.8. The van der Waals surface area contributed by atoms with Crippen molar-refractivity contribution in [2.24, 2.45) is 0 Å². The van der Waals surface area contributed by atoms with Crippen molar-refractivity contribution in [3.05, 3.63) is 28.3 Å². The fraction of sp³-hybridized carbons (Fsp3) is 0.600. The molecule has 2 rings (SSSR count). The Balaban J connectivity index is 2.75. The van der Waals surface area contributed by atoms with Crippen LogP contribution >= 0.6 is 11.6 Å². The number of nitrogens with zero attached hydrogens (tertiary/aromatic N) is 2. The molecule has 0 bridgehead atoms. The number of benzene rings is 1. The minimum atomic E-state index is -2.25. The average Bonchev–Trinajstić information content (AvgIpc) is 2.62. The van der Waals surface area contributed by atoms with E-state index in [-0.39, 0.29) is 15.7 Å².